The molecule has 2 aliphatic heterocycles. The number of fused-ring (bicyclic) bond motifs is 1. The predicted molar refractivity (Wildman–Crippen MR) is 147 cm³/mol. The molecule has 204 valence electrons. The zero-order valence-corrected chi connectivity index (χ0v) is 22.3. The van der Waals surface area contributed by atoms with Gasteiger partial charge in [0.15, 0.2) is 0 Å². The maximum atomic E-state index is 15.0. The van der Waals surface area contributed by atoms with Crippen molar-refractivity contribution in [1.29, 1.82) is 0 Å². The number of nitrogens with zero attached hydrogens (tertiary/aromatic N) is 5. The van der Waals surface area contributed by atoms with Crippen LogP contribution in [-0.4, -0.2) is 76.8 Å². The van der Waals surface area contributed by atoms with E-state index in [0.717, 1.165) is 43.8 Å². The number of aromatic nitrogens is 3. The van der Waals surface area contributed by atoms with Crippen molar-refractivity contribution in [3.05, 3.63) is 77.1 Å². The minimum atomic E-state index is -0.572. The fourth-order valence-corrected chi connectivity index (χ4v) is 5.25. The molecule has 0 atom stereocenters. The first kappa shape index (κ1) is 25.8. The van der Waals surface area contributed by atoms with Gasteiger partial charge in [0, 0.05) is 88.5 Å². The lowest BCUT2D eigenvalue weighted by Gasteiger charge is -2.38. The maximum Gasteiger partial charge on any atom is 0.229 e. The van der Waals surface area contributed by atoms with Gasteiger partial charge < -0.3 is 19.9 Å². The van der Waals surface area contributed by atoms with E-state index in [1.165, 1.54) is 23.3 Å². The van der Waals surface area contributed by atoms with Crippen LogP contribution in [0.4, 0.5) is 20.4 Å². The molecule has 0 radical (unpaired) electrons. The van der Waals surface area contributed by atoms with Gasteiger partial charge in [-0.3, -0.25) is 9.80 Å². The summed E-state index contributed by atoms with van der Waals surface area (Å²) in [5, 5.41) is 7.48. The van der Waals surface area contributed by atoms with Gasteiger partial charge in [0.1, 0.15) is 17.3 Å². The van der Waals surface area contributed by atoms with Crippen molar-refractivity contribution < 1.29 is 13.5 Å². The van der Waals surface area contributed by atoms with Crippen molar-refractivity contribution in [3.63, 3.8) is 0 Å². The Balaban J connectivity index is 1.23. The summed E-state index contributed by atoms with van der Waals surface area (Å²) in [4.78, 5) is 13.6. The van der Waals surface area contributed by atoms with Gasteiger partial charge in [-0.2, -0.15) is 4.98 Å². The Labute approximate surface area is 226 Å². The van der Waals surface area contributed by atoms with Crippen LogP contribution in [0.2, 0.25) is 0 Å². The highest BCUT2D eigenvalue weighted by atomic mass is 19.1. The summed E-state index contributed by atoms with van der Waals surface area (Å²) in [7, 11) is 1.65. The second kappa shape index (κ2) is 11.0. The molecular weight excluding hydrogens is 500 g/mol. The smallest absolute Gasteiger partial charge is 0.229 e. The molecule has 2 aliphatic rings. The van der Waals surface area contributed by atoms with Crippen LogP contribution in [0.15, 0.2) is 48.8 Å². The first-order chi connectivity index (χ1) is 19.0. The summed E-state index contributed by atoms with van der Waals surface area (Å²) < 4.78 is 37.0. The number of methoxy groups -OCH3 is 1. The first-order valence-corrected chi connectivity index (χ1v) is 13.3. The molecule has 2 aromatic heterocycles. The minimum absolute atomic E-state index is 0.0673. The molecular formula is C29H33F2N7O. The summed E-state index contributed by atoms with van der Waals surface area (Å²) in [6, 6.07) is 10.8. The Kier molecular flexibility index (Phi) is 7.26. The highest BCUT2D eigenvalue weighted by Gasteiger charge is 2.28. The summed E-state index contributed by atoms with van der Waals surface area (Å²) in [5.41, 5.74) is 4.40. The van der Waals surface area contributed by atoms with Crippen LogP contribution >= 0.6 is 0 Å². The molecule has 39 heavy (non-hydrogen) atoms. The van der Waals surface area contributed by atoms with Gasteiger partial charge in [-0.25, -0.2) is 13.8 Å². The average Bonchev–Trinajstić information content (AvgIpc) is 3.33. The molecule has 0 saturated carbocycles. The quantitative estimate of drug-likeness (QED) is 0.355. The molecule has 6 rings (SSSR count). The molecule has 2 N–H and O–H groups in total. The lowest BCUT2D eigenvalue weighted by molar-refractivity contribution is -0.0342. The lowest BCUT2D eigenvalue weighted by atomic mass is 10.1. The third-order valence-corrected chi connectivity index (χ3v) is 7.68. The van der Waals surface area contributed by atoms with Crippen LogP contribution in [0.3, 0.4) is 0 Å². The molecule has 10 heteroatoms. The normalized spacial score (nSPS) is 17.0. The number of piperazine rings is 1. The predicted octanol–water partition coefficient (Wildman–Crippen LogP) is 3.99. The van der Waals surface area contributed by atoms with Gasteiger partial charge in [0.25, 0.3) is 0 Å². The zero-order chi connectivity index (χ0) is 26.9. The Morgan fingerprint density at radius 1 is 1.03 bits per heavy atom. The van der Waals surface area contributed by atoms with Crippen molar-refractivity contribution in [2.24, 2.45) is 0 Å². The number of benzene rings is 2. The maximum absolute atomic E-state index is 15.0. The van der Waals surface area contributed by atoms with E-state index in [0.29, 0.717) is 30.4 Å². The van der Waals surface area contributed by atoms with Crippen LogP contribution < -0.4 is 10.6 Å². The molecule has 2 saturated heterocycles. The Hall–Kier alpha value is -3.44. The largest absolute Gasteiger partial charge is 0.379 e. The molecule has 0 amide bonds. The highest BCUT2D eigenvalue weighted by molar-refractivity contribution is 5.79. The molecule has 4 heterocycles. The van der Waals surface area contributed by atoms with Gasteiger partial charge in [0.2, 0.25) is 5.95 Å². The van der Waals surface area contributed by atoms with Gasteiger partial charge in [0.05, 0.1) is 11.8 Å². The zero-order valence-electron chi connectivity index (χ0n) is 22.3. The van der Waals surface area contributed by atoms with Gasteiger partial charge >= 0.3 is 0 Å². The van der Waals surface area contributed by atoms with Crippen LogP contribution in [0, 0.1) is 18.6 Å². The lowest BCUT2D eigenvalue weighted by Crippen LogP contribution is -2.51. The van der Waals surface area contributed by atoms with E-state index in [9.17, 15) is 0 Å². The van der Waals surface area contributed by atoms with Crippen LogP contribution in [0.1, 0.15) is 16.7 Å². The van der Waals surface area contributed by atoms with Gasteiger partial charge in [-0.1, -0.05) is 6.07 Å². The van der Waals surface area contributed by atoms with Crippen LogP contribution in [0.25, 0.3) is 16.7 Å². The second-order valence-corrected chi connectivity index (χ2v) is 10.4. The van der Waals surface area contributed by atoms with Crippen molar-refractivity contribution in [1.82, 2.24) is 29.7 Å². The van der Waals surface area contributed by atoms with E-state index in [2.05, 4.69) is 39.6 Å². The number of rotatable bonds is 8. The topological polar surface area (TPSA) is 70.5 Å². The SMILES string of the molecule is COC1CN(Cc2c(F)cc(-n3ccc4cnc(Nc5ccc(C)c(CN6CCNCC6)c5)nc43)cc2F)C1. The van der Waals surface area contributed by atoms with E-state index in [1.807, 2.05) is 17.0 Å². The number of hydrogen-bond donors (Lipinski definition) is 2. The van der Waals surface area contributed by atoms with Gasteiger partial charge in [-0.05, 0) is 48.4 Å². The Morgan fingerprint density at radius 2 is 1.79 bits per heavy atom. The van der Waals surface area contributed by atoms with E-state index in [4.69, 9.17) is 9.72 Å². The van der Waals surface area contributed by atoms with Crippen molar-refractivity contribution in [2.75, 3.05) is 51.7 Å². The number of likely N-dealkylation sites (tertiary alicyclic amines) is 1. The average molecular weight is 534 g/mol. The van der Waals surface area contributed by atoms with Crippen LogP contribution in [0.5, 0.6) is 0 Å². The van der Waals surface area contributed by atoms with Crippen molar-refractivity contribution in [3.8, 4) is 5.69 Å². The van der Waals surface area contributed by atoms with E-state index in [1.54, 1.807) is 24.1 Å². The molecule has 2 aromatic carbocycles. The van der Waals surface area contributed by atoms with E-state index in [-0.39, 0.29) is 18.2 Å². The highest BCUT2D eigenvalue weighted by Crippen LogP contribution is 2.26. The molecule has 8 nitrogen and oxygen atoms in total. The summed E-state index contributed by atoms with van der Waals surface area (Å²) in [6.07, 6.45) is 3.60. The monoisotopic (exact) mass is 533 g/mol. The summed E-state index contributed by atoms with van der Waals surface area (Å²) >= 11 is 0. The molecule has 4 aromatic rings. The second-order valence-electron chi connectivity index (χ2n) is 10.4. The van der Waals surface area contributed by atoms with E-state index >= 15 is 8.78 Å². The Bertz CT molecular complexity index is 1460. The number of hydrogen-bond acceptors (Lipinski definition) is 7. The molecule has 0 unspecified atom stereocenters. The third kappa shape index (κ3) is 5.51. The molecule has 0 spiro atoms. The standard InChI is InChI=1S/C29H33F2N7O/c1-19-3-4-22(11-21(19)15-36-9-6-32-7-10-36)34-29-33-14-20-5-8-38(28(20)35-29)23-12-26(30)25(27(31)13-23)18-37-16-24(17-37)39-2/h3-5,8,11-14,24,32H,6-7,9-10,15-18H2,1-2H3,(H,33,34,35). The van der Waals surface area contributed by atoms with Gasteiger partial charge in [-0.15, -0.1) is 0 Å². The fraction of sp³-hybridized carbons (Fsp3) is 0.379. The molecule has 0 bridgehead atoms. The number of nitrogens with one attached hydrogen (secondary N) is 2. The van der Waals surface area contributed by atoms with E-state index < -0.39 is 11.6 Å². The van der Waals surface area contributed by atoms with Crippen LogP contribution in [-0.2, 0) is 17.8 Å². The number of aryl methyl sites for hydroxylation is 1. The fourth-order valence-electron chi connectivity index (χ4n) is 5.25. The first-order valence-electron chi connectivity index (χ1n) is 13.3. The molecule has 0 aliphatic carbocycles. The van der Waals surface area contributed by atoms with Crippen molar-refractivity contribution in [2.45, 2.75) is 26.1 Å². The third-order valence-electron chi connectivity index (χ3n) is 7.68. The summed E-state index contributed by atoms with van der Waals surface area (Å²) in [5.74, 6) is -0.726. The Morgan fingerprint density at radius 3 is 2.54 bits per heavy atom. The molecule has 2 fully saturated rings. The number of ether oxygens (including phenoxy) is 1. The summed E-state index contributed by atoms with van der Waals surface area (Å²) in [6.45, 7) is 8.65. The van der Waals surface area contributed by atoms with Crippen molar-refractivity contribution >= 4 is 22.7 Å². The number of halogens is 2. The minimum Gasteiger partial charge on any atom is -0.379 e. The number of anilines is 2.